The highest BCUT2D eigenvalue weighted by molar-refractivity contribution is 5.99. The van der Waals surface area contributed by atoms with Gasteiger partial charge < -0.3 is 9.47 Å². The van der Waals surface area contributed by atoms with Crippen LogP contribution in [0.25, 0.3) is 50.5 Å². The van der Waals surface area contributed by atoms with E-state index in [1.807, 2.05) is 18.5 Å². The molecule has 0 amide bonds. The summed E-state index contributed by atoms with van der Waals surface area (Å²) >= 11 is 0. The number of benzene rings is 6. The molecule has 0 radical (unpaired) electrons. The molecule has 3 nitrogen and oxygen atoms in total. The van der Waals surface area contributed by atoms with Crippen molar-refractivity contribution < 1.29 is 0 Å². The average Bonchev–Trinajstić information content (AvgIpc) is 3.68. The molecule has 2 aromatic heterocycles. The van der Waals surface area contributed by atoms with Gasteiger partial charge in [0, 0.05) is 63.1 Å². The van der Waals surface area contributed by atoms with Crippen molar-refractivity contribution in [2.45, 2.75) is 38.5 Å². The summed E-state index contributed by atoms with van der Waals surface area (Å²) in [6, 6.07) is 57.7. The Balaban J connectivity index is 1.06. The van der Waals surface area contributed by atoms with Crippen LogP contribution in [0.3, 0.4) is 0 Å². The largest absolute Gasteiger partial charge is 0.313 e. The Bertz CT molecular complexity index is 2700. The molecule has 1 unspecified atom stereocenters. The van der Waals surface area contributed by atoms with Gasteiger partial charge in [0.05, 0.1) is 5.52 Å². The van der Waals surface area contributed by atoms with Gasteiger partial charge in [-0.1, -0.05) is 118 Å². The summed E-state index contributed by atoms with van der Waals surface area (Å²) in [5.74, 6) is 0.362. The number of fused-ring (bicyclic) bond motifs is 6. The maximum absolute atomic E-state index is 4.36. The number of pyridine rings is 1. The van der Waals surface area contributed by atoms with Crippen molar-refractivity contribution in [1.29, 1.82) is 0 Å². The van der Waals surface area contributed by atoms with E-state index in [-0.39, 0.29) is 5.41 Å². The molecule has 0 spiro atoms. The number of para-hydroxylation sites is 2. The molecule has 8 aromatic rings. The lowest BCUT2D eigenvalue weighted by atomic mass is 9.82. The van der Waals surface area contributed by atoms with Crippen LogP contribution in [0.4, 0.5) is 17.1 Å². The summed E-state index contributed by atoms with van der Waals surface area (Å²) in [6.45, 7) is 7.08. The lowest BCUT2D eigenvalue weighted by molar-refractivity contribution is 0.660. The summed E-state index contributed by atoms with van der Waals surface area (Å²) in [4.78, 5) is 6.76. The Hall–Kier alpha value is -6.45. The molecule has 3 heteroatoms. The maximum Gasteiger partial charge on any atom is 0.0537 e. The molecule has 1 atom stereocenters. The summed E-state index contributed by atoms with van der Waals surface area (Å²) in [7, 11) is 0. The first-order chi connectivity index (χ1) is 26.5. The monoisotopic (exact) mass is 695 g/mol. The van der Waals surface area contributed by atoms with Crippen LogP contribution in [0.2, 0.25) is 0 Å². The van der Waals surface area contributed by atoms with Gasteiger partial charge in [0.25, 0.3) is 0 Å². The van der Waals surface area contributed by atoms with E-state index in [9.17, 15) is 0 Å². The average molecular weight is 696 g/mol. The molecular formula is C51H41N3. The summed E-state index contributed by atoms with van der Waals surface area (Å²) < 4.78 is 2.47. The lowest BCUT2D eigenvalue weighted by Gasteiger charge is -2.29. The van der Waals surface area contributed by atoms with Crippen molar-refractivity contribution in [2.24, 2.45) is 0 Å². The van der Waals surface area contributed by atoms with E-state index in [1.54, 1.807) is 0 Å². The molecule has 2 heterocycles. The molecule has 0 N–H and O–H groups in total. The molecule has 10 rings (SSSR count). The van der Waals surface area contributed by atoms with Crippen molar-refractivity contribution in [3.8, 4) is 27.9 Å². The first kappa shape index (κ1) is 32.2. The van der Waals surface area contributed by atoms with Gasteiger partial charge in [-0.05, 0) is 118 Å². The predicted molar refractivity (Wildman–Crippen MR) is 226 cm³/mol. The number of allylic oxidation sites excluding steroid dienone is 1. The minimum Gasteiger partial charge on any atom is -0.313 e. The fraction of sp³-hybridized carbons (Fsp3) is 0.118. The van der Waals surface area contributed by atoms with E-state index < -0.39 is 0 Å². The van der Waals surface area contributed by atoms with E-state index in [0.29, 0.717) is 5.92 Å². The molecule has 0 bridgehead atoms. The van der Waals surface area contributed by atoms with E-state index in [0.717, 1.165) is 34.6 Å². The van der Waals surface area contributed by atoms with Crippen molar-refractivity contribution in [2.75, 3.05) is 4.90 Å². The third-order valence-corrected chi connectivity index (χ3v) is 11.7. The predicted octanol–water partition coefficient (Wildman–Crippen LogP) is 13.5. The van der Waals surface area contributed by atoms with Crippen LogP contribution >= 0.6 is 0 Å². The highest BCUT2D eigenvalue weighted by Gasteiger charge is 2.36. The molecule has 0 fully saturated rings. The number of hydrogen-bond acceptors (Lipinski definition) is 2. The number of aromatic nitrogens is 2. The van der Waals surface area contributed by atoms with Crippen molar-refractivity contribution in [1.82, 2.24) is 9.55 Å². The van der Waals surface area contributed by atoms with Gasteiger partial charge in [0.1, 0.15) is 0 Å². The highest BCUT2D eigenvalue weighted by atomic mass is 15.1. The van der Waals surface area contributed by atoms with E-state index in [1.165, 1.54) is 61.2 Å². The maximum atomic E-state index is 4.36. The Morgan fingerprint density at radius 2 is 1.28 bits per heavy atom. The van der Waals surface area contributed by atoms with E-state index in [2.05, 4.69) is 193 Å². The summed E-state index contributed by atoms with van der Waals surface area (Å²) in [5, 5.41) is 1.31. The van der Waals surface area contributed by atoms with Gasteiger partial charge in [-0.15, -0.1) is 0 Å². The Kier molecular flexibility index (Phi) is 7.52. The van der Waals surface area contributed by atoms with Crippen molar-refractivity contribution in [3.05, 3.63) is 198 Å². The fourth-order valence-corrected chi connectivity index (χ4v) is 9.08. The summed E-state index contributed by atoms with van der Waals surface area (Å²) in [5.41, 5.74) is 18.9. The van der Waals surface area contributed by atoms with E-state index >= 15 is 0 Å². The van der Waals surface area contributed by atoms with Gasteiger partial charge in [-0.2, -0.15) is 0 Å². The Labute approximate surface area is 317 Å². The Morgan fingerprint density at radius 3 is 2.04 bits per heavy atom. The SMILES string of the molecule is CC1CC(c2ccc(N(c3ccc(-c4cccnc4)cc3)c3ccc4c(c3)C(C)(C)c3ccccc3-4)cc2)=Cc2c1n(-c1ccccc1)c1ccccc21. The molecule has 2 aliphatic rings. The van der Waals surface area contributed by atoms with Gasteiger partial charge >= 0.3 is 0 Å². The number of nitrogens with zero attached hydrogens (tertiary/aromatic N) is 3. The molecule has 260 valence electrons. The second kappa shape index (κ2) is 12.6. The van der Waals surface area contributed by atoms with Crippen molar-refractivity contribution in [3.63, 3.8) is 0 Å². The first-order valence-corrected chi connectivity index (χ1v) is 19.0. The van der Waals surface area contributed by atoms with Crippen molar-refractivity contribution >= 4 is 39.6 Å². The normalized spacial score (nSPS) is 15.3. The quantitative estimate of drug-likeness (QED) is 0.173. The number of rotatable bonds is 6. The number of hydrogen-bond donors (Lipinski definition) is 0. The second-order valence-corrected chi connectivity index (χ2v) is 15.3. The van der Waals surface area contributed by atoms with Gasteiger partial charge in [0.15, 0.2) is 0 Å². The van der Waals surface area contributed by atoms with Crippen LogP contribution in [0.1, 0.15) is 61.1 Å². The third-order valence-electron chi connectivity index (χ3n) is 11.7. The van der Waals surface area contributed by atoms with Crippen LogP contribution in [0, 0.1) is 0 Å². The van der Waals surface area contributed by atoms with E-state index in [4.69, 9.17) is 0 Å². The zero-order valence-corrected chi connectivity index (χ0v) is 30.9. The zero-order chi connectivity index (χ0) is 36.4. The molecule has 0 saturated heterocycles. The standard InChI is InChI=1S/C51H41N3/c1-34-30-38(31-46-45-16-8-10-18-49(45)54(50(34)46)39-13-5-4-6-14-39)36-21-25-41(26-22-36)53(40-23-19-35(20-24-40)37-12-11-29-52-33-37)42-27-28-44-43-15-7-9-17-47(43)51(2,3)48(44)32-42/h4-29,31-34H,30H2,1-3H3. The fourth-order valence-electron chi connectivity index (χ4n) is 9.08. The number of anilines is 3. The van der Waals surface area contributed by atoms with Crippen LogP contribution in [0.15, 0.2) is 170 Å². The molecule has 0 aliphatic heterocycles. The van der Waals surface area contributed by atoms with Gasteiger partial charge in [0.2, 0.25) is 0 Å². The van der Waals surface area contributed by atoms with Crippen LogP contribution in [-0.2, 0) is 5.41 Å². The summed E-state index contributed by atoms with van der Waals surface area (Å²) in [6.07, 6.45) is 7.18. The third kappa shape index (κ3) is 5.15. The second-order valence-electron chi connectivity index (χ2n) is 15.3. The van der Waals surface area contributed by atoms with Crippen LogP contribution in [-0.4, -0.2) is 9.55 Å². The van der Waals surface area contributed by atoms with Crippen LogP contribution in [0.5, 0.6) is 0 Å². The first-order valence-electron chi connectivity index (χ1n) is 19.0. The van der Waals surface area contributed by atoms with Crippen LogP contribution < -0.4 is 4.90 Å². The lowest BCUT2D eigenvalue weighted by Crippen LogP contribution is -2.16. The molecule has 54 heavy (non-hydrogen) atoms. The minimum absolute atomic E-state index is 0.0890. The molecule has 0 saturated carbocycles. The Morgan fingerprint density at radius 1 is 0.611 bits per heavy atom. The zero-order valence-electron chi connectivity index (χ0n) is 30.9. The topological polar surface area (TPSA) is 21.1 Å². The highest BCUT2D eigenvalue weighted by Crippen LogP contribution is 2.51. The molecule has 2 aliphatic carbocycles. The minimum atomic E-state index is -0.0890. The van der Waals surface area contributed by atoms with Gasteiger partial charge in [-0.25, -0.2) is 0 Å². The van der Waals surface area contributed by atoms with Gasteiger partial charge in [-0.3, -0.25) is 4.98 Å². The smallest absolute Gasteiger partial charge is 0.0537 e. The molecular weight excluding hydrogens is 655 g/mol. The molecule has 6 aromatic carbocycles.